The molecular weight excluding hydrogens is 404 g/mol. The van der Waals surface area contributed by atoms with Crippen molar-refractivity contribution in [3.63, 3.8) is 0 Å². The van der Waals surface area contributed by atoms with E-state index in [0.29, 0.717) is 5.69 Å². The lowest BCUT2D eigenvalue weighted by atomic mass is 9.98. The summed E-state index contributed by atoms with van der Waals surface area (Å²) in [6, 6.07) is 6.62. The average molecular weight is 434 g/mol. The van der Waals surface area contributed by atoms with Gasteiger partial charge in [0.1, 0.15) is 24.4 Å². The second kappa shape index (κ2) is 7.83. The lowest BCUT2D eigenvalue weighted by molar-refractivity contribution is -0.231. The maximum atomic E-state index is 13.1. The molecule has 3 heterocycles. The second-order valence-corrected chi connectivity index (χ2v) is 9.18. The number of ether oxygens (including phenoxy) is 5. The minimum Gasteiger partial charge on any atom is -0.342 e. The van der Waals surface area contributed by atoms with E-state index in [-0.39, 0.29) is 5.91 Å². The lowest BCUT2D eigenvalue weighted by Gasteiger charge is -2.36. The molecule has 0 spiro atoms. The maximum absolute atomic E-state index is 13.1. The molecule has 3 fully saturated rings. The van der Waals surface area contributed by atoms with Crippen molar-refractivity contribution >= 4 is 17.5 Å². The minimum atomic E-state index is -1.01. The van der Waals surface area contributed by atoms with Crippen LogP contribution < -0.4 is 10.6 Å². The Labute approximate surface area is 181 Å². The van der Waals surface area contributed by atoms with Gasteiger partial charge < -0.3 is 34.3 Å². The predicted octanol–water partition coefficient (Wildman–Crippen LogP) is 1.83. The van der Waals surface area contributed by atoms with Crippen LogP contribution in [0.3, 0.4) is 0 Å². The molecular formula is C22H30N2O7. The second-order valence-electron chi connectivity index (χ2n) is 9.18. The van der Waals surface area contributed by atoms with Gasteiger partial charge in [-0.15, -0.1) is 0 Å². The summed E-state index contributed by atoms with van der Waals surface area (Å²) < 4.78 is 29.7. The minimum absolute atomic E-state index is 0.340. The number of rotatable bonds is 4. The lowest BCUT2D eigenvalue weighted by Crippen LogP contribution is -2.60. The standard InChI is InChI=1S/C22H30N2O7/c1-11-7-9-13(10-8-11)24-18(25)12(2)23-19(26)16-14-15(29-21(3,4)28-14)17-20(27-16)31-22(5,6)30-17/h7-10,12,14-17,20H,1-6H3,(H,23,26)(H,24,25)/t12-,14+,15+,16+,17+,20+/m0/s1. The van der Waals surface area contributed by atoms with E-state index >= 15 is 0 Å². The molecule has 0 radical (unpaired) electrons. The molecule has 0 aliphatic carbocycles. The number of aryl methyl sites for hydroxylation is 1. The smallest absolute Gasteiger partial charge is 0.252 e. The number of amides is 2. The van der Waals surface area contributed by atoms with Gasteiger partial charge in [-0.05, 0) is 53.7 Å². The van der Waals surface area contributed by atoms with Crippen molar-refractivity contribution in [1.29, 1.82) is 0 Å². The fourth-order valence-corrected chi connectivity index (χ4v) is 4.07. The van der Waals surface area contributed by atoms with Crippen molar-refractivity contribution < 1.29 is 33.3 Å². The van der Waals surface area contributed by atoms with Gasteiger partial charge in [-0.1, -0.05) is 17.7 Å². The SMILES string of the molecule is Cc1ccc(NC(=O)[C@H](C)NC(=O)[C@@H]2O[C@@H]3OC(C)(C)O[C@@H]3[C@@H]3OC(C)(C)O[C@H]32)cc1. The first-order valence-corrected chi connectivity index (χ1v) is 10.5. The number of nitrogens with one attached hydrogen (secondary N) is 2. The van der Waals surface area contributed by atoms with Gasteiger partial charge in [0.15, 0.2) is 24.0 Å². The van der Waals surface area contributed by atoms with E-state index in [1.165, 1.54) is 0 Å². The van der Waals surface area contributed by atoms with Gasteiger partial charge in [0.2, 0.25) is 5.91 Å². The quantitative estimate of drug-likeness (QED) is 0.745. The summed E-state index contributed by atoms with van der Waals surface area (Å²) in [6.45, 7) is 10.7. The molecule has 0 bridgehead atoms. The van der Waals surface area contributed by atoms with Crippen LogP contribution >= 0.6 is 0 Å². The van der Waals surface area contributed by atoms with Gasteiger partial charge in [-0.25, -0.2) is 0 Å². The Hall–Kier alpha value is -2.04. The van der Waals surface area contributed by atoms with E-state index in [2.05, 4.69) is 10.6 Å². The van der Waals surface area contributed by atoms with Gasteiger partial charge in [0.25, 0.3) is 5.91 Å². The first-order valence-electron chi connectivity index (χ1n) is 10.5. The van der Waals surface area contributed by atoms with Crippen LogP contribution in [0.15, 0.2) is 24.3 Å². The van der Waals surface area contributed by atoms with Crippen molar-refractivity contribution in [3.8, 4) is 0 Å². The Balaban J connectivity index is 1.44. The van der Waals surface area contributed by atoms with E-state index in [1.807, 2.05) is 31.2 Å². The third kappa shape index (κ3) is 4.61. The van der Waals surface area contributed by atoms with Gasteiger partial charge in [0, 0.05) is 5.69 Å². The molecule has 170 valence electrons. The first-order chi connectivity index (χ1) is 14.4. The van der Waals surface area contributed by atoms with Crippen LogP contribution in [-0.2, 0) is 33.3 Å². The van der Waals surface area contributed by atoms with Crippen molar-refractivity contribution in [1.82, 2.24) is 5.32 Å². The van der Waals surface area contributed by atoms with Crippen molar-refractivity contribution in [2.75, 3.05) is 5.32 Å². The topological polar surface area (TPSA) is 104 Å². The van der Waals surface area contributed by atoms with Gasteiger partial charge in [-0.3, -0.25) is 9.59 Å². The monoisotopic (exact) mass is 434 g/mol. The Bertz CT molecular complexity index is 854. The van der Waals surface area contributed by atoms with Gasteiger partial charge in [-0.2, -0.15) is 0 Å². The summed E-state index contributed by atoms with van der Waals surface area (Å²) in [5.41, 5.74) is 1.74. The first kappa shape index (κ1) is 22.2. The number of carbonyl (C=O) groups is 2. The maximum Gasteiger partial charge on any atom is 0.252 e. The summed E-state index contributed by atoms with van der Waals surface area (Å²) in [5, 5.41) is 5.50. The van der Waals surface area contributed by atoms with E-state index in [0.717, 1.165) is 5.56 Å². The highest BCUT2D eigenvalue weighted by Crippen LogP contribution is 2.44. The van der Waals surface area contributed by atoms with E-state index in [9.17, 15) is 9.59 Å². The molecule has 0 saturated carbocycles. The molecule has 2 amide bonds. The normalized spacial score (nSPS) is 33.8. The Morgan fingerprint density at radius 2 is 1.48 bits per heavy atom. The average Bonchev–Trinajstić information content (AvgIpc) is 3.16. The summed E-state index contributed by atoms with van der Waals surface area (Å²) >= 11 is 0. The summed E-state index contributed by atoms with van der Waals surface area (Å²) in [4.78, 5) is 25.6. The zero-order chi connectivity index (χ0) is 22.6. The fraction of sp³-hybridized carbons (Fsp3) is 0.636. The molecule has 3 aliphatic heterocycles. The Morgan fingerprint density at radius 3 is 2.16 bits per heavy atom. The molecule has 0 aromatic heterocycles. The molecule has 9 heteroatoms. The van der Waals surface area contributed by atoms with Gasteiger partial charge >= 0.3 is 0 Å². The molecule has 3 saturated heterocycles. The Kier molecular flexibility index (Phi) is 5.60. The number of fused-ring (bicyclic) bond motifs is 3. The molecule has 31 heavy (non-hydrogen) atoms. The van der Waals surface area contributed by atoms with Crippen LogP contribution in [-0.4, -0.2) is 60.1 Å². The number of anilines is 1. The predicted molar refractivity (Wildman–Crippen MR) is 110 cm³/mol. The molecule has 0 unspecified atom stereocenters. The summed E-state index contributed by atoms with van der Waals surface area (Å²) in [5.74, 6) is -2.60. The van der Waals surface area contributed by atoms with Crippen LogP contribution in [0.5, 0.6) is 0 Å². The number of hydrogen-bond donors (Lipinski definition) is 2. The number of hydrogen-bond acceptors (Lipinski definition) is 7. The zero-order valence-electron chi connectivity index (χ0n) is 18.6. The van der Waals surface area contributed by atoms with Crippen LogP contribution in [0.1, 0.15) is 40.2 Å². The largest absolute Gasteiger partial charge is 0.342 e. The molecule has 3 aliphatic rings. The zero-order valence-corrected chi connectivity index (χ0v) is 18.6. The van der Waals surface area contributed by atoms with E-state index in [1.54, 1.807) is 34.6 Å². The highest BCUT2D eigenvalue weighted by molar-refractivity contribution is 5.97. The number of benzene rings is 1. The third-order valence-electron chi connectivity index (χ3n) is 5.48. The molecule has 6 atom stereocenters. The molecule has 9 nitrogen and oxygen atoms in total. The van der Waals surface area contributed by atoms with Crippen molar-refractivity contribution in [2.24, 2.45) is 0 Å². The third-order valence-corrected chi connectivity index (χ3v) is 5.48. The summed E-state index contributed by atoms with van der Waals surface area (Å²) in [7, 11) is 0. The van der Waals surface area contributed by atoms with Crippen LogP contribution in [0.25, 0.3) is 0 Å². The molecule has 1 aromatic carbocycles. The number of carbonyl (C=O) groups excluding carboxylic acids is 2. The highest BCUT2D eigenvalue weighted by Gasteiger charge is 2.62. The Morgan fingerprint density at radius 1 is 0.903 bits per heavy atom. The summed E-state index contributed by atoms with van der Waals surface area (Å²) in [6.07, 6.45) is -3.54. The van der Waals surface area contributed by atoms with Gasteiger partial charge in [0.05, 0.1) is 0 Å². The molecule has 1 aromatic rings. The van der Waals surface area contributed by atoms with E-state index < -0.39 is 54.2 Å². The van der Waals surface area contributed by atoms with Crippen LogP contribution in [0.2, 0.25) is 0 Å². The molecule has 2 N–H and O–H groups in total. The van der Waals surface area contributed by atoms with Crippen LogP contribution in [0, 0.1) is 6.92 Å². The van der Waals surface area contributed by atoms with E-state index in [4.69, 9.17) is 23.7 Å². The van der Waals surface area contributed by atoms with Crippen molar-refractivity contribution in [3.05, 3.63) is 29.8 Å². The van der Waals surface area contributed by atoms with Crippen molar-refractivity contribution in [2.45, 2.75) is 89.9 Å². The highest BCUT2D eigenvalue weighted by atomic mass is 16.9. The fourth-order valence-electron chi connectivity index (χ4n) is 4.07. The van der Waals surface area contributed by atoms with Crippen LogP contribution in [0.4, 0.5) is 5.69 Å². The molecule has 4 rings (SSSR count).